The van der Waals surface area contributed by atoms with Crippen molar-refractivity contribution in [1.82, 2.24) is 0 Å². The first kappa shape index (κ1) is 21.7. The molecule has 2 amide bonds. The highest BCUT2D eigenvalue weighted by atomic mass is 32.2. The lowest BCUT2D eigenvalue weighted by atomic mass is 10.1. The molecule has 0 aliphatic rings. The quantitative estimate of drug-likeness (QED) is 0.336. The molecule has 4 aromatic carbocycles. The lowest BCUT2D eigenvalue weighted by molar-refractivity contribution is -0.115. The molecule has 5 heteroatoms. The van der Waals surface area contributed by atoms with E-state index in [0.29, 0.717) is 11.3 Å². The summed E-state index contributed by atoms with van der Waals surface area (Å²) < 4.78 is 0. The minimum Gasteiger partial charge on any atom is -0.325 e. The highest BCUT2D eigenvalue weighted by Crippen LogP contribution is 2.27. The molecule has 0 saturated carbocycles. The molecule has 4 rings (SSSR count). The molecule has 1 atom stereocenters. The Morgan fingerprint density at radius 3 is 2.34 bits per heavy atom. The molecule has 4 aromatic rings. The van der Waals surface area contributed by atoms with Crippen LogP contribution in [0.25, 0.3) is 10.8 Å². The number of hydrogen-bond donors (Lipinski definition) is 2. The number of anilines is 2. The molecular formula is C27H24N2O2S. The number of aryl methyl sites for hydroxylation is 1. The van der Waals surface area contributed by atoms with Crippen molar-refractivity contribution in [3.63, 3.8) is 0 Å². The van der Waals surface area contributed by atoms with Gasteiger partial charge in [-0.3, -0.25) is 9.59 Å². The first-order valence-electron chi connectivity index (χ1n) is 10.4. The Balaban J connectivity index is 1.41. The van der Waals surface area contributed by atoms with Gasteiger partial charge in [0.05, 0.1) is 5.25 Å². The van der Waals surface area contributed by atoms with E-state index in [0.717, 1.165) is 26.9 Å². The summed E-state index contributed by atoms with van der Waals surface area (Å²) in [4.78, 5) is 26.3. The van der Waals surface area contributed by atoms with E-state index in [9.17, 15) is 9.59 Å². The van der Waals surface area contributed by atoms with Gasteiger partial charge >= 0.3 is 0 Å². The largest absolute Gasteiger partial charge is 0.325 e. The summed E-state index contributed by atoms with van der Waals surface area (Å²) in [6, 6.07) is 28.9. The van der Waals surface area contributed by atoms with Crippen molar-refractivity contribution in [2.45, 2.75) is 24.0 Å². The number of amides is 2. The average molecular weight is 441 g/mol. The normalized spacial score (nSPS) is 11.7. The molecule has 160 valence electrons. The Morgan fingerprint density at radius 1 is 0.781 bits per heavy atom. The molecule has 0 spiro atoms. The molecule has 32 heavy (non-hydrogen) atoms. The van der Waals surface area contributed by atoms with Crippen LogP contribution in [0.3, 0.4) is 0 Å². The number of para-hydroxylation sites is 1. The highest BCUT2D eigenvalue weighted by Gasteiger charge is 2.16. The van der Waals surface area contributed by atoms with E-state index in [-0.39, 0.29) is 17.1 Å². The molecular weight excluding hydrogens is 416 g/mol. The monoisotopic (exact) mass is 440 g/mol. The number of benzene rings is 4. The predicted molar refractivity (Wildman–Crippen MR) is 133 cm³/mol. The Bertz CT molecular complexity index is 1290. The van der Waals surface area contributed by atoms with Crippen molar-refractivity contribution in [1.29, 1.82) is 0 Å². The topological polar surface area (TPSA) is 58.2 Å². The van der Waals surface area contributed by atoms with Gasteiger partial charge in [0, 0.05) is 21.8 Å². The first-order valence-corrected chi connectivity index (χ1v) is 11.3. The van der Waals surface area contributed by atoms with Crippen molar-refractivity contribution in [3.05, 3.63) is 102 Å². The first-order chi connectivity index (χ1) is 15.5. The lowest BCUT2D eigenvalue weighted by Gasteiger charge is -2.14. The van der Waals surface area contributed by atoms with E-state index in [2.05, 4.69) is 10.6 Å². The highest BCUT2D eigenvalue weighted by molar-refractivity contribution is 8.00. The Labute approximate surface area is 192 Å². The number of carbonyl (C=O) groups excluding carboxylic acids is 2. The molecule has 0 heterocycles. The van der Waals surface area contributed by atoms with Crippen molar-refractivity contribution < 1.29 is 9.59 Å². The van der Waals surface area contributed by atoms with Crippen LogP contribution in [-0.4, -0.2) is 17.1 Å². The minimum absolute atomic E-state index is 0.0603. The van der Waals surface area contributed by atoms with E-state index >= 15 is 0 Å². The van der Waals surface area contributed by atoms with Gasteiger partial charge in [-0.15, -0.1) is 11.8 Å². The molecule has 0 aliphatic heterocycles. The van der Waals surface area contributed by atoms with Gasteiger partial charge in [0.25, 0.3) is 5.91 Å². The van der Waals surface area contributed by atoms with Gasteiger partial charge in [0.2, 0.25) is 5.91 Å². The zero-order chi connectivity index (χ0) is 22.5. The zero-order valence-corrected chi connectivity index (χ0v) is 18.8. The molecule has 2 N–H and O–H groups in total. The van der Waals surface area contributed by atoms with Crippen LogP contribution < -0.4 is 10.6 Å². The van der Waals surface area contributed by atoms with Gasteiger partial charge in [-0.25, -0.2) is 0 Å². The van der Waals surface area contributed by atoms with E-state index in [4.69, 9.17) is 0 Å². The number of thioether (sulfide) groups is 1. The maximum Gasteiger partial charge on any atom is 0.255 e. The van der Waals surface area contributed by atoms with Gasteiger partial charge in [0.1, 0.15) is 0 Å². The summed E-state index contributed by atoms with van der Waals surface area (Å²) >= 11 is 1.45. The average Bonchev–Trinajstić information content (AvgIpc) is 2.80. The van der Waals surface area contributed by atoms with Gasteiger partial charge in [-0.1, -0.05) is 54.6 Å². The Kier molecular flexibility index (Phi) is 6.57. The lowest BCUT2D eigenvalue weighted by Crippen LogP contribution is -2.22. The van der Waals surface area contributed by atoms with Crippen LogP contribution >= 0.6 is 11.8 Å². The summed E-state index contributed by atoms with van der Waals surface area (Å²) in [6.07, 6.45) is 0. The van der Waals surface area contributed by atoms with E-state index in [1.165, 1.54) is 11.8 Å². The summed E-state index contributed by atoms with van der Waals surface area (Å²) in [5, 5.41) is 7.78. The summed E-state index contributed by atoms with van der Waals surface area (Å²) in [5.41, 5.74) is 3.14. The van der Waals surface area contributed by atoms with Gasteiger partial charge in [0.15, 0.2) is 0 Å². The summed E-state index contributed by atoms with van der Waals surface area (Å²) in [5.74, 6) is -0.224. The van der Waals surface area contributed by atoms with Crippen LogP contribution in [0.4, 0.5) is 11.4 Å². The van der Waals surface area contributed by atoms with Crippen molar-refractivity contribution in [3.8, 4) is 0 Å². The van der Waals surface area contributed by atoms with Crippen LogP contribution in [0.15, 0.2) is 95.9 Å². The van der Waals surface area contributed by atoms with Gasteiger partial charge in [-0.05, 0) is 66.6 Å². The molecule has 0 fully saturated rings. The Hall–Kier alpha value is -3.57. The second kappa shape index (κ2) is 9.71. The molecule has 4 nitrogen and oxygen atoms in total. The maximum absolute atomic E-state index is 12.8. The van der Waals surface area contributed by atoms with Crippen molar-refractivity contribution >= 4 is 45.7 Å². The maximum atomic E-state index is 12.8. The molecule has 1 unspecified atom stereocenters. The molecule has 0 aliphatic carbocycles. The number of fused-ring (bicyclic) bond motifs is 1. The van der Waals surface area contributed by atoms with E-state index in [1.54, 1.807) is 0 Å². The Morgan fingerprint density at radius 2 is 1.53 bits per heavy atom. The third kappa shape index (κ3) is 5.18. The number of rotatable bonds is 6. The minimum atomic E-state index is -0.291. The summed E-state index contributed by atoms with van der Waals surface area (Å²) in [7, 11) is 0. The van der Waals surface area contributed by atoms with Crippen LogP contribution in [0.1, 0.15) is 22.8 Å². The van der Waals surface area contributed by atoms with Crippen LogP contribution in [0, 0.1) is 6.92 Å². The number of nitrogens with one attached hydrogen (secondary N) is 2. The fraction of sp³-hybridized carbons (Fsp3) is 0.111. The molecule has 0 bridgehead atoms. The fourth-order valence-corrected chi connectivity index (χ4v) is 4.31. The van der Waals surface area contributed by atoms with E-state index < -0.39 is 0 Å². The van der Waals surface area contributed by atoms with Crippen LogP contribution in [0.2, 0.25) is 0 Å². The standard InChI is InChI=1S/C27H24N2O2S/c1-18-8-3-6-13-25(18)29-26(30)19(2)32-24-12-7-11-23(17-24)28-27(31)22-15-14-20-9-4-5-10-21(20)16-22/h3-17,19H,1-2H3,(H,28,31)(H,29,30). The molecule has 0 aromatic heterocycles. The van der Waals surface area contributed by atoms with E-state index in [1.807, 2.05) is 105 Å². The van der Waals surface area contributed by atoms with Crippen LogP contribution in [0.5, 0.6) is 0 Å². The SMILES string of the molecule is Cc1ccccc1NC(=O)C(C)Sc1cccc(NC(=O)c2ccc3ccccc3c2)c1. The second-order valence-corrected chi connectivity index (χ2v) is 9.02. The van der Waals surface area contributed by atoms with Crippen LogP contribution in [-0.2, 0) is 4.79 Å². The zero-order valence-electron chi connectivity index (χ0n) is 18.0. The fourth-order valence-electron chi connectivity index (χ4n) is 3.39. The summed E-state index contributed by atoms with van der Waals surface area (Å²) in [6.45, 7) is 3.84. The smallest absolute Gasteiger partial charge is 0.255 e. The van der Waals surface area contributed by atoms with Gasteiger partial charge < -0.3 is 10.6 Å². The third-order valence-electron chi connectivity index (χ3n) is 5.19. The molecule has 0 saturated heterocycles. The van der Waals surface area contributed by atoms with Gasteiger partial charge in [-0.2, -0.15) is 0 Å². The van der Waals surface area contributed by atoms with Crippen molar-refractivity contribution in [2.24, 2.45) is 0 Å². The van der Waals surface area contributed by atoms with Crippen molar-refractivity contribution in [2.75, 3.05) is 10.6 Å². The predicted octanol–water partition coefficient (Wildman–Crippen LogP) is 6.52. The number of carbonyl (C=O) groups is 2. The molecule has 0 radical (unpaired) electrons. The second-order valence-electron chi connectivity index (χ2n) is 7.61. The third-order valence-corrected chi connectivity index (χ3v) is 6.28. The number of hydrogen-bond acceptors (Lipinski definition) is 3.